The van der Waals surface area contributed by atoms with E-state index in [-0.39, 0.29) is 17.3 Å². The summed E-state index contributed by atoms with van der Waals surface area (Å²) in [6, 6.07) is 15.5. The van der Waals surface area contributed by atoms with Gasteiger partial charge in [-0.05, 0) is 18.2 Å². The van der Waals surface area contributed by atoms with Crippen molar-refractivity contribution in [1.29, 1.82) is 0 Å². The Kier molecular flexibility index (Phi) is 6.26. The molecule has 1 heterocycles. The predicted molar refractivity (Wildman–Crippen MR) is 106 cm³/mol. The lowest BCUT2D eigenvalue weighted by Gasteiger charge is -2.12. The van der Waals surface area contributed by atoms with E-state index in [1.165, 1.54) is 32.9 Å². The number of aromatic nitrogens is 2. The molecule has 8 nitrogen and oxygen atoms in total. The molecule has 0 aliphatic heterocycles. The first-order chi connectivity index (χ1) is 14.1. The van der Waals surface area contributed by atoms with Crippen LogP contribution in [0.5, 0.6) is 23.3 Å². The zero-order valence-corrected chi connectivity index (χ0v) is 15.9. The van der Waals surface area contributed by atoms with E-state index in [0.29, 0.717) is 22.7 Å². The first-order valence-electron chi connectivity index (χ1n) is 8.55. The third kappa shape index (κ3) is 4.81. The van der Waals surface area contributed by atoms with E-state index in [0.717, 1.165) is 0 Å². The summed E-state index contributed by atoms with van der Waals surface area (Å²) in [6.07, 6.45) is 2.60. The maximum atomic E-state index is 12.1. The minimum absolute atomic E-state index is 0.202. The van der Waals surface area contributed by atoms with Crippen LogP contribution in [0.25, 0.3) is 5.57 Å². The highest BCUT2D eigenvalue weighted by atomic mass is 16.5. The van der Waals surface area contributed by atoms with Gasteiger partial charge in [0.15, 0.2) is 5.75 Å². The normalized spacial score (nSPS) is 10.9. The lowest BCUT2D eigenvalue weighted by molar-refractivity contribution is -0.133. The zero-order valence-electron chi connectivity index (χ0n) is 15.9. The van der Waals surface area contributed by atoms with Crippen molar-refractivity contribution in [2.24, 2.45) is 0 Å². The fourth-order valence-corrected chi connectivity index (χ4v) is 2.46. The second-order valence-electron chi connectivity index (χ2n) is 5.69. The van der Waals surface area contributed by atoms with Gasteiger partial charge in [-0.15, -0.1) is 0 Å². The Morgan fingerprint density at radius 2 is 1.55 bits per heavy atom. The molecule has 2 N–H and O–H groups in total. The van der Waals surface area contributed by atoms with E-state index < -0.39 is 5.97 Å². The molecule has 0 amide bonds. The molecule has 0 bridgehead atoms. The van der Waals surface area contributed by atoms with Gasteiger partial charge in [0.05, 0.1) is 32.2 Å². The molecule has 0 saturated carbocycles. The summed E-state index contributed by atoms with van der Waals surface area (Å²) >= 11 is 0. The number of carbonyl (C=O) groups excluding carboxylic acids is 1. The van der Waals surface area contributed by atoms with Crippen molar-refractivity contribution in [3.8, 4) is 23.3 Å². The van der Waals surface area contributed by atoms with Gasteiger partial charge < -0.3 is 24.7 Å². The van der Waals surface area contributed by atoms with Gasteiger partial charge in [0.2, 0.25) is 11.8 Å². The van der Waals surface area contributed by atoms with E-state index in [1.807, 2.05) is 0 Å². The van der Waals surface area contributed by atoms with Gasteiger partial charge in [0.1, 0.15) is 17.6 Å². The summed E-state index contributed by atoms with van der Waals surface area (Å²) in [6.45, 7) is 0. The summed E-state index contributed by atoms with van der Waals surface area (Å²) in [7, 11) is 2.73. The van der Waals surface area contributed by atoms with E-state index in [9.17, 15) is 4.79 Å². The van der Waals surface area contributed by atoms with Crippen LogP contribution >= 0.6 is 0 Å². The molecule has 0 radical (unpaired) electrons. The largest absolute Gasteiger partial charge is 0.503 e. The smallest absolute Gasteiger partial charge is 0.341 e. The van der Waals surface area contributed by atoms with E-state index in [4.69, 9.17) is 24.7 Å². The number of para-hydroxylation sites is 3. The lowest BCUT2D eigenvalue weighted by atomic mass is 10.1. The topological polar surface area (TPSA) is 106 Å². The monoisotopic (exact) mass is 393 g/mol. The number of nitrogens with zero attached hydrogens (tertiary/aromatic N) is 2. The van der Waals surface area contributed by atoms with Gasteiger partial charge in [0, 0.05) is 5.56 Å². The number of carbonyl (C=O) groups is 1. The molecule has 0 unspecified atom stereocenters. The molecule has 3 rings (SSSR count). The minimum atomic E-state index is -0.561. The number of hydrogen-bond acceptors (Lipinski definition) is 8. The average molecular weight is 393 g/mol. The van der Waals surface area contributed by atoms with Crippen LogP contribution in [-0.2, 0) is 14.3 Å². The molecule has 2 aromatic carbocycles. The van der Waals surface area contributed by atoms with Gasteiger partial charge in [-0.25, -0.2) is 14.8 Å². The second kappa shape index (κ2) is 9.23. The van der Waals surface area contributed by atoms with Crippen LogP contribution in [0.1, 0.15) is 5.56 Å². The summed E-state index contributed by atoms with van der Waals surface area (Å²) < 4.78 is 21.4. The highest BCUT2D eigenvalue weighted by Crippen LogP contribution is 2.32. The van der Waals surface area contributed by atoms with Crippen molar-refractivity contribution < 1.29 is 23.7 Å². The van der Waals surface area contributed by atoms with Crippen molar-refractivity contribution >= 4 is 17.2 Å². The van der Waals surface area contributed by atoms with Crippen LogP contribution in [0.2, 0.25) is 0 Å². The van der Waals surface area contributed by atoms with Gasteiger partial charge in [-0.1, -0.05) is 30.3 Å². The van der Waals surface area contributed by atoms with Crippen molar-refractivity contribution in [2.45, 2.75) is 0 Å². The molecule has 8 heteroatoms. The maximum Gasteiger partial charge on any atom is 0.341 e. The number of ether oxygens (including phenoxy) is 4. The predicted octanol–water partition coefficient (Wildman–Crippen LogP) is 3.80. The molecular weight excluding hydrogens is 374 g/mol. The number of nitrogens with two attached hydrogens (primary N) is 1. The Morgan fingerprint density at radius 1 is 0.931 bits per heavy atom. The van der Waals surface area contributed by atoms with Gasteiger partial charge >= 0.3 is 5.97 Å². The zero-order chi connectivity index (χ0) is 20.6. The molecule has 0 aliphatic carbocycles. The first-order valence-corrected chi connectivity index (χ1v) is 8.55. The number of nitrogen functional groups attached to an aromatic ring is 1. The molecule has 148 valence electrons. The second-order valence-corrected chi connectivity index (χ2v) is 5.69. The van der Waals surface area contributed by atoms with Crippen LogP contribution in [0.3, 0.4) is 0 Å². The SMILES string of the molecule is CO/C=C(/C(=O)OC)c1ccccc1Oc1cc(Oc2ccccc2N)ncn1. The van der Waals surface area contributed by atoms with Crippen molar-refractivity contribution in [2.75, 3.05) is 20.0 Å². The fourth-order valence-electron chi connectivity index (χ4n) is 2.46. The van der Waals surface area contributed by atoms with Gasteiger partial charge in [0.25, 0.3) is 0 Å². The molecule has 29 heavy (non-hydrogen) atoms. The number of anilines is 1. The Bertz CT molecular complexity index is 1040. The summed E-state index contributed by atoms with van der Waals surface area (Å²) in [4.78, 5) is 20.3. The van der Waals surface area contributed by atoms with Gasteiger partial charge in [-0.3, -0.25) is 0 Å². The molecule has 1 aromatic heterocycles. The third-order valence-electron chi connectivity index (χ3n) is 3.78. The standard InChI is InChI=1S/C21H19N3O5/c1-26-12-15(21(25)27-2)14-7-3-5-9-17(14)28-19-11-20(24-13-23-19)29-18-10-6-4-8-16(18)22/h3-13H,22H2,1-2H3/b15-12+. The molecule has 0 aliphatic rings. The molecule has 3 aromatic rings. The van der Waals surface area contributed by atoms with Gasteiger partial charge in [-0.2, -0.15) is 0 Å². The first kappa shape index (κ1) is 19.7. The highest BCUT2D eigenvalue weighted by Gasteiger charge is 2.18. The summed E-state index contributed by atoms with van der Waals surface area (Å²) in [5, 5.41) is 0. The molecule has 0 saturated heterocycles. The lowest BCUT2D eigenvalue weighted by Crippen LogP contribution is -2.06. The number of rotatable bonds is 7. The highest BCUT2D eigenvalue weighted by molar-refractivity contribution is 6.17. The molecule has 0 fully saturated rings. The molecule has 0 spiro atoms. The van der Waals surface area contributed by atoms with E-state index in [1.54, 1.807) is 48.5 Å². The van der Waals surface area contributed by atoms with Crippen molar-refractivity contribution in [3.63, 3.8) is 0 Å². The Morgan fingerprint density at radius 3 is 2.21 bits per heavy atom. The van der Waals surface area contributed by atoms with E-state index >= 15 is 0 Å². The van der Waals surface area contributed by atoms with E-state index in [2.05, 4.69) is 9.97 Å². The Labute approximate surface area is 167 Å². The summed E-state index contributed by atoms with van der Waals surface area (Å²) in [5.41, 5.74) is 7.05. The van der Waals surface area contributed by atoms with Crippen molar-refractivity contribution in [3.05, 3.63) is 72.8 Å². The Hall–Kier alpha value is -4.07. The number of hydrogen-bond donors (Lipinski definition) is 1. The molecule has 0 atom stereocenters. The third-order valence-corrected chi connectivity index (χ3v) is 3.78. The van der Waals surface area contributed by atoms with Crippen LogP contribution in [-0.4, -0.2) is 30.2 Å². The summed E-state index contributed by atoms with van der Waals surface area (Å²) in [5.74, 6) is 0.761. The molecular formula is C21H19N3O5. The quantitative estimate of drug-likeness (QED) is 0.280. The number of methoxy groups -OCH3 is 2. The van der Waals surface area contributed by atoms with Crippen LogP contribution in [0.4, 0.5) is 5.69 Å². The minimum Gasteiger partial charge on any atom is -0.503 e. The van der Waals surface area contributed by atoms with Crippen LogP contribution < -0.4 is 15.2 Å². The maximum absolute atomic E-state index is 12.1. The number of esters is 1. The van der Waals surface area contributed by atoms with Crippen molar-refractivity contribution in [1.82, 2.24) is 9.97 Å². The average Bonchev–Trinajstić information content (AvgIpc) is 2.74. The Balaban J connectivity index is 1.89. The van der Waals surface area contributed by atoms with Crippen LogP contribution in [0, 0.1) is 0 Å². The number of benzene rings is 2. The fraction of sp³-hybridized carbons (Fsp3) is 0.0952. The van der Waals surface area contributed by atoms with Crippen LogP contribution in [0.15, 0.2) is 67.2 Å².